The van der Waals surface area contributed by atoms with Gasteiger partial charge in [0.2, 0.25) is 12.6 Å². The number of benzene rings is 3. The molecule has 72 heavy (non-hydrogen) atoms. The minimum absolute atomic E-state index is 0.0450. The van der Waals surface area contributed by atoms with E-state index in [0.717, 1.165) is 78.0 Å². The first kappa shape index (κ1) is 55.1. The topological polar surface area (TPSA) is 138 Å². The molecule has 0 bridgehead atoms. The molecule has 0 spiro atoms. The van der Waals surface area contributed by atoms with Crippen molar-refractivity contribution in [3.8, 4) is 28.7 Å². The van der Waals surface area contributed by atoms with Gasteiger partial charge in [-0.2, -0.15) is 0 Å². The van der Waals surface area contributed by atoms with E-state index in [0.29, 0.717) is 35.8 Å². The fraction of sp³-hybridized carbons (Fsp3) is 0.593. The summed E-state index contributed by atoms with van der Waals surface area (Å²) in [4.78, 5) is 24.5. The lowest BCUT2D eigenvalue weighted by Crippen LogP contribution is -2.70. The van der Waals surface area contributed by atoms with Crippen molar-refractivity contribution in [2.75, 3.05) is 39.5 Å². The molecule has 2 N–H and O–H groups in total. The van der Waals surface area contributed by atoms with Gasteiger partial charge in [0.25, 0.3) is 0 Å². The highest BCUT2D eigenvalue weighted by molar-refractivity contribution is 7.98. The van der Waals surface area contributed by atoms with Crippen LogP contribution in [0.25, 0.3) is 0 Å². The van der Waals surface area contributed by atoms with E-state index in [4.69, 9.17) is 38.4 Å². The Balaban J connectivity index is 1.34. The molecule has 0 aromatic heterocycles. The molecule has 7 rings (SSSR count). The van der Waals surface area contributed by atoms with Gasteiger partial charge in [-0.15, -0.1) is 18.3 Å². The van der Waals surface area contributed by atoms with Crippen LogP contribution in [0.3, 0.4) is 0 Å². The quantitative estimate of drug-likeness (QED) is 0.0297. The molecule has 4 aliphatic rings. The third-order valence-electron chi connectivity index (χ3n) is 14.5. The van der Waals surface area contributed by atoms with Gasteiger partial charge in [0, 0.05) is 42.6 Å². The van der Waals surface area contributed by atoms with Gasteiger partial charge in [0.1, 0.15) is 28.9 Å². The zero-order chi connectivity index (χ0) is 50.9. The van der Waals surface area contributed by atoms with Crippen molar-refractivity contribution in [1.29, 1.82) is 0 Å². The summed E-state index contributed by atoms with van der Waals surface area (Å²) in [5.74, 6) is 1.24. The average molecular weight is 1010 g/mol. The van der Waals surface area contributed by atoms with Crippen molar-refractivity contribution in [2.45, 2.75) is 172 Å². The van der Waals surface area contributed by atoms with E-state index in [1.165, 1.54) is 44.9 Å². The number of allylic oxidation sites excluding steroid dienone is 1. The molecule has 1 amide bonds. The number of nitrogens with zero attached hydrogens (tertiary/aromatic N) is 2. The van der Waals surface area contributed by atoms with Crippen LogP contribution >= 0.6 is 11.8 Å². The number of amides is 1. The number of hydrogen-bond acceptors (Lipinski definition) is 12. The first-order valence-corrected chi connectivity index (χ1v) is 28.1. The van der Waals surface area contributed by atoms with Crippen LogP contribution in [0, 0.1) is 17.8 Å². The van der Waals surface area contributed by atoms with Crippen LogP contribution in [0.1, 0.15) is 154 Å². The first-order valence-electron chi connectivity index (χ1n) is 26.9. The van der Waals surface area contributed by atoms with Gasteiger partial charge in [-0.05, 0) is 137 Å². The Labute approximate surface area is 433 Å². The maximum Gasteiger partial charge on any atom is 0.410 e. The van der Waals surface area contributed by atoms with Crippen LogP contribution in [-0.4, -0.2) is 83.8 Å². The van der Waals surface area contributed by atoms with Crippen molar-refractivity contribution >= 4 is 23.6 Å². The number of aliphatic hydroxyl groups excluding tert-OH is 2. The van der Waals surface area contributed by atoms with Gasteiger partial charge in [-0.25, -0.2) is 4.79 Å². The van der Waals surface area contributed by atoms with Crippen LogP contribution in [0.5, 0.6) is 28.7 Å². The maximum atomic E-state index is 15.2. The number of hydrogen-bond donors (Lipinski definition) is 2. The Morgan fingerprint density at radius 2 is 1.53 bits per heavy atom. The summed E-state index contributed by atoms with van der Waals surface area (Å²) in [6.45, 7) is 13.2. The monoisotopic (exact) mass is 1010 g/mol. The molecule has 1 fully saturated rings. The number of oxime groups is 1. The van der Waals surface area contributed by atoms with Crippen LogP contribution in [0.4, 0.5) is 4.79 Å². The highest BCUT2D eigenvalue weighted by atomic mass is 32.2. The summed E-state index contributed by atoms with van der Waals surface area (Å²) in [5.41, 5.74) is 2.87. The molecule has 6 atom stereocenters. The van der Waals surface area contributed by atoms with Crippen molar-refractivity contribution in [3.63, 3.8) is 0 Å². The molecular weight excluding hydrogens is 929 g/mol. The molecule has 0 saturated heterocycles. The summed E-state index contributed by atoms with van der Waals surface area (Å²) in [6.07, 6.45) is 22.2. The van der Waals surface area contributed by atoms with Gasteiger partial charge in [0.05, 0.1) is 24.8 Å². The number of ether oxygens (including phenoxy) is 6. The molecule has 2 heterocycles. The Kier molecular flexibility index (Phi) is 20.7. The number of carbonyl (C=O) groups excluding carboxylic acids is 1. The second-order valence-electron chi connectivity index (χ2n) is 20.9. The summed E-state index contributed by atoms with van der Waals surface area (Å²) >= 11 is 1.68. The normalized spacial score (nSPS) is 22.3. The largest absolute Gasteiger partial charge is 0.459 e. The Morgan fingerprint density at radius 1 is 0.847 bits per heavy atom. The summed E-state index contributed by atoms with van der Waals surface area (Å²) in [6, 6.07) is 19.1. The zero-order valence-electron chi connectivity index (χ0n) is 43.7. The molecular formula is C59H82N2O10S. The van der Waals surface area contributed by atoms with Crippen LogP contribution in [0.2, 0.25) is 0 Å². The highest BCUT2D eigenvalue weighted by Gasteiger charge is 2.66. The molecule has 3 aromatic carbocycles. The van der Waals surface area contributed by atoms with Crippen molar-refractivity contribution < 1.29 is 48.3 Å². The summed E-state index contributed by atoms with van der Waals surface area (Å²) in [5, 5.41) is 25.2. The smallest absolute Gasteiger partial charge is 0.410 e. The van der Waals surface area contributed by atoms with Crippen LogP contribution in [0.15, 0.2) is 95.0 Å². The van der Waals surface area contributed by atoms with Crippen LogP contribution in [-0.2, 0) is 20.9 Å². The SMILES string of the molecule is C=CCO[C@@]12Oc3ccc(Oc4ccc(SC)cc4)cc3[C@H]3[C@H](CCCCO)[C@@H](CCCCO)C=C(C(=NOC(C)(C)C)C[C@@H]1N(Cc1ccc4c(c1)OCO4)C(=O)OCCCCCCCCCCCC)[C@H]32. The molecule has 2 aliphatic heterocycles. The minimum atomic E-state index is -1.47. The Morgan fingerprint density at radius 3 is 2.22 bits per heavy atom. The van der Waals surface area contributed by atoms with Crippen molar-refractivity contribution in [2.24, 2.45) is 22.9 Å². The fourth-order valence-electron chi connectivity index (χ4n) is 11.1. The van der Waals surface area contributed by atoms with E-state index in [1.54, 1.807) is 22.7 Å². The van der Waals surface area contributed by atoms with Crippen molar-refractivity contribution in [3.05, 3.63) is 96.1 Å². The molecule has 1 saturated carbocycles. The predicted molar refractivity (Wildman–Crippen MR) is 285 cm³/mol. The number of unbranched alkanes of at least 4 members (excludes halogenated alkanes) is 11. The third-order valence-corrected chi connectivity index (χ3v) is 15.2. The molecule has 394 valence electrons. The fourth-order valence-corrected chi connectivity index (χ4v) is 11.5. The molecule has 13 heteroatoms. The zero-order valence-corrected chi connectivity index (χ0v) is 44.6. The molecule has 2 aliphatic carbocycles. The molecule has 0 unspecified atom stereocenters. The molecule has 0 radical (unpaired) electrons. The summed E-state index contributed by atoms with van der Waals surface area (Å²) < 4.78 is 39.3. The third kappa shape index (κ3) is 14.1. The van der Waals surface area contributed by atoms with Gasteiger partial charge in [-0.1, -0.05) is 101 Å². The predicted octanol–water partition coefficient (Wildman–Crippen LogP) is 13.9. The van der Waals surface area contributed by atoms with E-state index in [1.807, 2.05) is 63.2 Å². The number of fused-ring (bicyclic) bond motifs is 3. The lowest BCUT2D eigenvalue weighted by Gasteiger charge is -2.60. The average Bonchev–Trinajstić information content (AvgIpc) is 3.85. The second kappa shape index (κ2) is 27.0. The maximum absolute atomic E-state index is 15.2. The number of thioether (sulfide) groups is 1. The lowest BCUT2D eigenvalue weighted by atomic mass is 9.55. The number of rotatable bonds is 29. The first-order chi connectivity index (χ1) is 35.0. The molecule has 3 aromatic rings. The lowest BCUT2D eigenvalue weighted by molar-refractivity contribution is -0.256. The highest BCUT2D eigenvalue weighted by Crippen LogP contribution is 2.62. The van der Waals surface area contributed by atoms with Gasteiger partial charge < -0.3 is 43.5 Å². The van der Waals surface area contributed by atoms with Crippen molar-refractivity contribution in [1.82, 2.24) is 4.90 Å². The van der Waals surface area contributed by atoms with Gasteiger partial charge >= 0.3 is 6.09 Å². The number of carbonyl (C=O) groups is 1. The van der Waals surface area contributed by atoms with E-state index >= 15 is 4.79 Å². The summed E-state index contributed by atoms with van der Waals surface area (Å²) in [7, 11) is 0. The van der Waals surface area contributed by atoms with Gasteiger partial charge in [-0.3, -0.25) is 4.90 Å². The standard InChI is InChI=1S/C59H82N2O10S/c1-7-9-10-11-12-13-14-15-16-21-35-65-57(64)61(40-42-24-30-52-53(36-42)67-41-66-52)54-39-50(60-71-58(3,4)5)48-37-43(22-17-19-32-62)47(23-18-20-33-63)55-49-38-45(69-44-25-28-46(72-6)29-26-44)27-31-51(49)70-59(54,56(48)55)68-34-8-2/h8,24-31,36-38,43,47,54-56,62-63H,2,7,9-23,32-35,39-41H2,1,3-6H3/t43-,47+,54-,55+,56+,59+/m0/s1. The molecule has 12 nitrogen and oxygen atoms in total. The Hall–Kier alpha value is -4.69. The van der Waals surface area contributed by atoms with E-state index < -0.39 is 29.4 Å². The Bertz CT molecular complexity index is 2260. The van der Waals surface area contributed by atoms with E-state index in [9.17, 15) is 10.2 Å². The van der Waals surface area contributed by atoms with E-state index in [2.05, 4.69) is 44.0 Å². The second-order valence-corrected chi connectivity index (χ2v) is 21.7. The minimum Gasteiger partial charge on any atom is -0.459 e. The van der Waals surface area contributed by atoms with Crippen LogP contribution < -0.4 is 18.9 Å². The van der Waals surface area contributed by atoms with E-state index in [-0.39, 0.29) is 63.9 Å². The number of aliphatic hydroxyl groups is 2. The van der Waals surface area contributed by atoms with Gasteiger partial charge in [0.15, 0.2) is 11.5 Å².